The second-order valence-corrected chi connectivity index (χ2v) is 3.79. The van der Waals surface area contributed by atoms with Crippen molar-refractivity contribution >= 4 is 11.0 Å². The van der Waals surface area contributed by atoms with Crippen LogP contribution in [0.25, 0.3) is 11.0 Å². The van der Waals surface area contributed by atoms with Crippen molar-refractivity contribution in [3.63, 3.8) is 0 Å². The zero-order chi connectivity index (χ0) is 12.3. The van der Waals surface area contributed by atoms with Gasteiger partial charge in [-0.25, -0.2) is 0 Å². The maximum absolute atomic E-state index is 9.35. The van der Waals surface area contributed by atoms with Crippen molar-refractivity contribution < 1.29 is 9.52 Å². The molecule has 0 saturated carbocycles. The molecule has 1 aromatic carbocycles. The second-order valence-electron chi connectivity index (χ2n) is 3.79. The molecule has 2 nitrogen and oxygen atoms in total. The summed E-state index contributed by atoms with van der Waals surface area (Å²) in [5.41, 5.74) is 1.74. The standard InChI is InChI=1S/C15H14O2/c1-3-5-11(4-2)8-14-9-12-6-7-13(16)10-15(12)17-14/h3-7,9-10,16H,1-2,8H2/b11-5+. The Bertz CT molecular complexity index is 588. The van der Waals surface area contributed by atoms with Gasteiger partial charge in [0.25, 0.3) is 0 Å². The highest BCUT2D eigenvalue weighted by atomic mass is 16.3. The Morgan fingerprint density at radius 1 is 1.29 bits per heavy atom. The van der Waals surface area contributed by atoms with Crippen molar-refractivity contribution in [3.05, 3.63) is 67.0 Å². The van der Waals surface area contributed by atoms with Gasteiger partial charge >= 0.3 is 0 Å². The summed E-state index contributed by atoms with van der Waals surface area (Å²) in [5.74, 6) is 1.06. The van der Waals surface area contributed by atoms with E-state index in [-0.39, 0.29) is 5.75 Å². The molecule has 1 N–H and O–H groups in total. The van der Waals surface area contributed by atoms with Crippen LogP contribution < -0.4 is 0 Å². The molecule has 0 fully saturated rings. The van der Waals surface area contributed by atoms with Crippen LogP contribution in [0, 0.1) is 0 Å². The van der Waals surface area contributed by atoms with E-state index < -0.39 is 0 Å². The molecule has 2 aromatic rings. The van der Waals surface area contributed by atoms with Crippen LogP contribution in [0.3, 0.4) is 0 Å². The quantitative estimate of drug-likeness (QED) is 0.800. The lowest BCUT2D eigenvalue weighted by Gasteiger charge is -1.96. The summed E-state index contributed by atoms with van der Waals surface area (Å²) in [4.78, 5) is 0. The number of hydrogen-bond donors (Lipinski definition) is 1. The minimum Gasteiger partial charge on any atom is -0.508 e. The Labute approximate surface area is 100 Å². The number of rotatable bonds is 4. The third kappa shape index (κ3) is 2.48. The highest BCUT2D eigenvalue weighted by molar-refractivity contribution is 5.79. The van der Waals surface area contributed by atoms with E-state index >= 15 is 0 Å². The predicted octanol–water partition coefficient (Wildman–Crippen LogP) is 3.98. The summed E-state index contributed by atoms with van der Waals surface area (Å²) in [6, 6.07) is 7.07. The highest BCUT2D eigenvalue weighted by Gasteiger charge is 2.05. The Kier molecular flexibility index (Phi) is 3.15. The number of fused-ring (bicyclic) bond motifs is 1. The summed E-state index contributed by atoms with van der Waals surface area (Å²) < 4.78 is 5.64. The lowest BCUT2D eigenvalue weighted by atomic mass is 10.1. The summed E-state index contributed by atoms with van der Waals surface area (Å²) in [7, 11) is 0. The van der Waals surface area contributed by atoms with E-state index in [2.05, 4.69) is 13.2 Å². The fourth-order valence-electron chi connectivity index (χ4n) is 1.71. The number of aromatic hydroxyl groups is 1. The zero-order valence-corrected chi connectivity index (χ0v) is 9.52. The average molecular weight is 226 g/mol. The molecule has 0 radical (unpaired) electrons. The van der Waals surface area contributed by atoms with Crippen LogP contribution in [0.1, 0.15) is 5.76 Å². The van der Waals surface area contributed by atoms with Gasteiger partial charge in [-0.2, -0.15) is 0 Å². The van der Waals surface area contributed by atoms with Crippen LogP contribution in [-0.2, 0) is 6.42 Å². The summed E-state index contributed by atoms with van der Waals surface area (Å²) in [5, 5.41) is 10.3. The number of phenols is 1. The Morgan fingerprint density at radius 2 is 2.12 bits per heavy atom. The predicted molar refractivity (Wildman–Crippen MR) is 70.1 cm³/mol. The lowest BCUT2D eigenvalue weighted by molar-refractivity contribution is 0.473. The van der Waals surface area contributed by atoms with Crippen LogP contribution >= 0.6 is 0 Å². The summed E-state index contributed by atoms with van der Waals surface area (Å²) >= 11 is 0. The van der Waals surface area contributed by atoms with Crippen LogP contribution in [0.4, 0.5) is 0 Å². The van der Waals surface area contributed by atoms with E-state index in [1.165, 1.54) is 0 Å². The second kappa shape index (κ2) is 4.74. The molecule has 0 aliphatic carbocycles. The number of benzene rings is 1. The molecular formula is C15H14O2. The normalized spacial score (nSPS) is 11.6. The SMILES string of the molecule is C=C/C=C(\C=C)Cc1cc2ccc(O)cc2o1. The first-order valence-corrected chi connectivity index (χ1v) is 5.38. The smallest absolute Gasteiger partial charge is 0.137 e. The monoisotopic (exact) mass is 226 g/mol. The largest absolute Gasteiger partial charge is 0.508 e. The molecule has 0 atom stereocenters. The fraction of sp³-hybridized carbons (Fsp3) is 0.0667. The van der Waals surface area contributed by atoms with Crippen molar-refractivity contribution in [1.29, 1.82) is 0 Å². The maximum atomic E-state index is 9.35. The molecule has 2 heteroatoms. The zero-order valence-electron chi connectivity index (χ0n) is 9.52. The molecule has 0 aliphatic heterocycles. The minimum absolute atomic E-state index is 0.212. The molecule has 1 aromatic heterocycles. The van der Waals surface area contributed by atoms with Crippen molar-refractivity contribution in [3.8, 4) is 5.75 Å². The highest BCUT2D eigenvalue weighted by Crippen LogP contribution is 2.24. The van der Waals surface area contributed by atoms with Gasteiger partial charge in [-0.1, -0.05) is 31.4 Å². The molecule has 17 heavy (non-hydrogen) atoms. The van der Waals surface area contributed by atoms with Crippen LogP contribution in [0.15, 0.2) is 65.6 Å². The number of phenolic OH excluding ortho intramolecular Hbond substituents is 1. The van der Waals surface area contributed by atoms with Gasteiger partial charge in [0, 0.05) is 17.9 Å². The first-order chi connectivity index (χ1) is 8.22. The van der Waals surface area contributed by atoms with Crippen LogP contribution in [-0.4, -0.2) is 5.11 Å². The Hall–Kier alpha value is -2.22. The van der Waals surface area contributed by atoms with E-state index in [0.717, 1.165) is 16.7 Å². The maximum Gasteiger partial charge on any atom is 0.137 e. The average Bonchev–Trinajstić information content (AvgIpc) is 2.69. The van der Waals surface area contributed by atoms with Crippen molar-refractivity contribution in [1.82, 2.24) is 0 Å². The molecular weight excluding hydrogens is 212 g/mol. The van der Waals surface area contributed by atoms with Gasteiger partial charge in [0.2, 0.25) is 0 Å². The first kappa shape index (κ1) is 11.3. The minimum atomic E-state index is 0.212. The molecule has 0 unspecified atom stereocenters. The van der Waals surface area contributed by atoms with Crippen molar-refractivity contribution in [2.75, 3.05) is 0 Å². The molecule has 0 aliphatic rings. The van der Waals surface area contributed by atoms with Gasteiger partial charge < -0.3 is 9.52 Å². The molecule has 1 heterocycles. The fourth-order valence-corrected chi connectivity index (χ4v) is 1.71. The van der Waals surface area contributed by atoms with Crippen LogP contribution in [0.2, 0.25) is 0 Å². The van der Waals surface area contributed by atoms with E-state index in [1.807, 2.05) is 18.2 Å². The van der Waals surface area contributed by atoms with Gasteiger partial charge in [-0.15, -0.1) is 0 Å². The lowest BCUT2D eigenvalue weighted by Crippen LogP contribution is -1.83. The molecule has 0 spiro atoms. The van der Waals surface area contributed by atoms with Gasteiger partial charge in [-0.05, 0) is 23.8 Å². The van der Waals surface area contributed by atoms with Crippen molar-refractivity contribution in [2.45, 2.75) is 6.42 Å². The first-order valence-electron chi connectivity index (χ1n) is 5.38. The third-order valence-corrected chi connectivity index (χ3v) is 2.53. The summed E-state index contributed by atoms with van der Waals surface area (Å²) in [6.45, 7) is 7.40. The van der Waals surface area contributed by atoms with Gasteiger partial charge in [0.05, 0.1) is 0 Å². The number of hydrogen-bond acceptors (Lipinski definition) is 2. The van der Waals surface area contributed by atoms with Crippen molar-refractivity contribution in [2.24, 2.45) is 0 Å². The van der Waals surface area contributed by atoms with Gasteiger partial charge in [0.1, 0.15) is 17.1 Å². The Morgan fingerprint density at radius 3 is 2.82 bits per heavy atom. The van der Waals surface area contributed by atoms with E-state index in [0.29, 0.717) is 12.0 Å². The number of allylic oxidation sites excluding steroid dienone is 4. The van der Waals surface area contributed by atoms with E-state index in [9.17, 15) is 5.11 Å². The van der Waals surface area contributed by atoms with E-state index in [4.69, 9.17) is 4.42 Å². The Balaban J connectivity index is 2.33. The van der Waals surface area contributed by atoms with Crippen LogP contribution in [0.5, 0.6) is 5.75 Å². The third-order valence-electron chi connectivity index (χ3n) is 2.53. The topological polar surface area (TPSA) is 33.4 Å². The van der Waals surface area contributed by atoms with E-state index in [1.54, 1.807) is 24.3 Å². The molecule has 2 rings (SSSR count). The molecule has 0 saturated heterocycles. The molecule has 86 valence electrons. The number of furan rings is 1. The summed E-state index contributed by atoms with van der Waals surface area (Å²) in [6.07, 6.45) is 6.08. The van der Waals surface area contributed by atoms with Gasteiger partial charge in [-0.3, -0.25) is 0 Å². The van der Waals surface area contributed by atoms with Gasteiger partial charge in [0.15, 0.2) is 0 Å². The molecule has 0 bridgehead atoms. The molecule has 0 amide bonds.